The van der Waals surface area contributed by atoms with Gasteiger partial charge in [0, 0.05) is 10.9 Å². The molecule has 2 N–H and O–H groups in total. The van der Waals surface area contributed by atoms with E-state index in [0.717, 1.165) is 16.2 Å². The van der Waals surface area contributed by atoms with Crippen LogP contribution in [0.15, 0.2) is 16.3 Å². The number of carboxylic acids is 1. The molecule has 1 aromatic heterocycles. The molecule has 0 fully saturated rings. The molecule has 1 atom stereocenters. The van der Waals surface area contributed by atoms with Crippen molar-refractivity contribution in [3.63, 3.8) is 0 Å². The lowest BCUT2D eigenvalue weighted by Crippen LogP contribution is -2.33. The van der Waals surface area contributed by atoms with Crippen LogP contribution < -0.4 is 4.72 Å². The maximum atomic E-state index is 11.7. The number of hydrogen-bond donors (Lipinski definition) is 2. The van der Waals surface area contributed by atoms with Crippen LogP contribution in [0.25, 0.3) is 0 Å². The number of hydrogen-bond acceptors (Lipinski definition) is 4. The Bertz CT molecular complexity index is 477. The molecule has 7 heteroatoms. The van der Waals surface area contributed by atoms with Crippen molar-refractivity contribution in [2.45, 2.75) is 30.5 Å². The zero-order chi connectivity index (χ0) is 12.3. The van der Waals surface area contributed by atoms with E-state index in [9.17, 15) is 13.2 Å². The zero-order valence-corrected chi connectivity index (χ0v) is 10.6. The summed E-state index contributed by atoms with van der Waals surface area (Å²) in [7, 11) is -3.58. The van der Waals surface area contributed by atoms with Crippen molar-refractivity contribution in [2.24, 2.45) is 0 Å². The average molecular weight is 263 g/mol. The fraction of sp³-hybridized carbons (Fsp3) is 0.444. The lowest BCUT2D eigenvalue weighted by molar-refractivity contribution is -0.137. The van der Waals surface area contributed by atoms with Gasteiger partial charge in [-0.2, -0.15) is 0 Å². The highest BCUT2D eigenvalue weighted by Crippen LogP contribution is 2.20. The molecule has 0 spiro atoms. The minimum absolute atomic E-state index is 0.210. The third-order valence-corrected chi connectivity index (χ3v) is 4.90. The van der Waals surface area contributed by atoms with Gasteiger partial charge in [0.25, 0.3) is 0 Å². The molecular formula is C9H13NO4S2. The lowest BCUT2D eigenvalue weighted by atomic mass is 10.3. The fourth-order valence-corrected chi connectivity index (χ4v) is 3.73. The van der Waals surface area contributed by atoms with Crippen LogP contribution in [0, 0.1) is 6.92 Å². The largest absolute Gasteiger partial charge is 0.481 e. The molecule has 0 saturated carbocycles. The monoisotopic (exact) mass is 263 g/mol. The molecule has 0 saturated heterocycles. The molecule has 1 aromatic rings. The highest BCUT2D eigenvalue weighted by molar-refractivity contribution is 7.91. The number of carbonyl (C=O) groups is 1. The molecular weight excluding hydrogens is 250 g/mol. The normalized spacial score (nSPS) is 13.6. The summed E-state index contributed by atoms with van der Waals surface area (Å²) in [5, 5.41) is 8.52. The van der Waals surface area contributed by atoms with Crippen LogP contribution in [-0.2, 0) is 14.8 Å². The van der Waals surface area contributed by atoms with Crippen molar-refractivity contribution < 1.29 is 18.3 Å². The van der Waals surface area contributed by atoms with Gasteiger partial charge in [-0.05, 0) is 26.0 Å². The first kappa shape index (κ1) is 13.1. The van der Waals surface area contributed by atoms with Gasteiger partial charge >= 0.3 is 5.97 Å². The first-order chi connectivity index (χ1) is 7.31. The zero-order valence-electron chi connectivity index (χ0n) is 8.93. The van der Waals surface area contributed by atoms with Crippen LogP contribution in [0.2, 0.25) is 0 Å². The van der Waals surface area contributed by atoms with Gasteiger partial charge in [0.05, 0.1) is 6.42 Å². The van der Waals surface area contributed by atoms with E-state index in [2.05, 4.69) is 4.72 Å². The predicted molar refractivity (Wildman–Crippen MR) is 61.1 cm³/mol. The van der Waals surface area contributed by atoms with Crippen LogP contribution >= 0.6 is 11.3 Å². The number of rotatable bonds is 5. The summed E-state index contributed by atoms with van der Waals surface area (Å²) in [6.07, 6.45) is -0.233. The summed E-state index contributed by atoms with van der Waals surface area (Å²) < 4.78 is 26.0. The number of sulfonamides is 1. The van der Waals surface area contributed by atoms with Crippen LogP contribution in [0.5, 0.6) is 0 Å². The summed E-state index contributed by atoms with van der Waals surface area (Å²) >= 11 is 1.16. The van der Waals surface area contributed by atoms with Crippen LogP contribution in [0.1, 0.15) is 18.2 Å². The molecule has 0 bridgehead atoms. The molecule has 5 nitrogen and oxygen atoms in total. The van der Waals surface area contributed by atoms with Crippen molar-refractivity contribution in [1.29, 1.82) is 0 Å². The molecule has 0 aliphatic carbocycles. The third-order valence-electron chi connectivity index (χ3n) is 1.82. The van der Waals surface area contributed by atoms with E-state index >= 15 is 0 Å². The van der Waals surface area contributed by atoms with Gasteiger partial charge in [0.15, 0.2) is 0 Å². The Morgan fingerprint density at radius 2 is 2.19 bits per heavy atom. The van der Waals surface area contributed by atoms with E-state index in [4.69, 9.17) is 5.11 Å². The van der Waals surface area contributed by atoms with Crippen LogP contribution in [0.4, 0.5) is 0 Å². The third kappa shape index (κ3) is 3.58. The molecule has 0 aromatic carbocycles. The van der Waals surface area contributed by atoms with Gasteiger partial charge in [-0.1, -0.05) is 0 Å². The SMILES string of the molecule is Cc1ccc(S(=O)(=O)NC(C)CC(=O)O)s1. The number of thiophene rings is 1. The summed E-state index contributed by atoms with van der Waals surface area (Å²) in [6, 6.07) is 2.60. The maximum absolute atomic E-state index is 11.7. The Labute approximate surface area is 98.2 Å². The van der Waals surface area contributed by atoms with E-state index in [1.165, 1.54) is 13.0 Å². The van der Waals surface area contributed by atoms with Crippen molar-refractivity contribution in [3.05, 3.63) is 17.0 Å². The molecule has 16 heavy (non-hydrogen) atoms. The average Bonchev–Trinajstić information content (AvgIpc) is 2.49. The van der Waals surface area contributed by atoms with Crippen molar-refractivity contribution in [2.75, 3.05) is 0 Å². The first-order valence-corrected chi connectivity index (χ1v) is 6.92. The van der Waals surface area contributed by atoms with Gasteiger partial charge < -0.3 is 5.11 Å². The Kier molecular flexibility index (Phi) is 4.06. The minimum Gasteiger partial charge on any atom is -0.481 e. The summed E-state index contributed by atoms with van der Waals surface area (Å²) in [4.78, 5) is 11.3. The number of nitrogens with one attached hydrogen (secondary N) is 1. The van der Waals surface area contributed by atoms with Gasteiger partial charge in [0.2, 0.25) is 10.0 Å². The first-order valence-electron chi connectivity index (χ1n) is 4.62. The van der Waals surface area contributed by atoms with Crippen LogP contribution in [-0.4, -0.2) is 25.5 Å². The van der Waals surface area contributed by atoms with Crippen molar-refractivity contribution >= 4 is 27.3 Å². The Morgan fingerprint density at radius 3 is 2.62 bits per heavy atom. The maximum Gasteiger partial charge on any atom is 0.304 e. The minimum atomic E-state index is -3.58. The fourth-order valence-electron chi connectivity index (χ4n) is 1.18. The van der Waals surface area contributed by atoms with Gasteiger partial charge in [-0.15, -0.1) is 11.3 Å². The number of carboxylic acid groups (broad SMARTS) is 1. The van der Waals surface area contributed by atoms with E-state index in [-0.39, 0.29) is 10.6 Å². The molecule has 0 radical (unpaired) electrons. The summed E-state index contributed by atoms with van der Waals surface area (Å²) in [5.41, 5.74) is 0. The van der Waals surface area contributed by atoms with Gasteiger partial charge in [0.1, 0.15) is 4.21 Å². The van der Waals surface area contributed by atoms with E-state index < -0.39 is 22.0 Å². The molecule has 0 aliphatic heterocycles. The van der Waals surface area contributed by atoms with E-state index in [1.807, 2.05) is 6.92 Å². The van der Waals surface area contributed by atoms with Crippen molar-refractivity contribution in [1.82, 2.24) is 4.72 Å². The molecule has 1 unspecified atom stereocenters. The second-order valence-electron chi connectivity index (χ2n) is 3.49. The molecule has 0 aliphatic rings. The second-order valence-corrected chi connectivity index (χ2v) is 6.71. The standard InChI is InChI=1S/C9H13NO4S2/c1-6(5-8(11)12)10-16(13,14)9-4-3-7(2)15-9/h3-4,6,10H,5H2,1-2H3,(H,11,12). The highest BCUT2D eigenvalue weighted by Gasteiger charge is 2.20. The number of aryl methyl sites for hydroxylation is 1. The quantitative estimate of drug-likeness (QED) is 0.836. The Balaban J connectivity index is 2.76. The smallest absolute Gasteiger partial charge is 0.304 e. The molecule has 1 heterocycles. The van der Waals surface area contributed by atoms with E-state index in [0.29, 0.717) is 0 Å². The highest BCUT2D eigenvalue weighted by atomic mass is 32.2. The van der Waals surface area contributed by atoms with E-state index in [1.54, 1.807) is 6.07 Å². The summed E-state index contributed by atoms with van der Waals surface area (Å²) in [6.45, 7) is 3.33. The van der Waals surface area contributed by atoms with Crippen LogP contribution in [0.3, 0.4) is 0 Å². The van der Waals surface area contributed by atoms with Gasteiger partial charge in [-0.3, -0.25) is 4.79 Å². The lowest BCUT2D eigenvalue weighted by Gasteiger charge is -2.10. The molecule has 0 amide bonds. The topological polar surface area (TPSA) is 83.5 Å². The molecule has 90 valence electrons. The second kappa shape index (κ2) is 4.94. The Hall–Kier alpha value is -0.920. The molecule has 1 rings (SSSR count). The van der Waals surface area contributed by atoms with Gasteiger partial charge in [-0.25, -0.2) is 13.1 Å². The summed E-state index contributed by atoms with van der Waals surface area (Å²) in [5.74, 6) is -1.03. The Morgan fingerprint density at radius 1 is 1.56 bits per heavy atom. The predicted octanol–water partition coefficient (Wildman–Crippen LogP) is 1.20. The van der Waals surface area contributed by atoms with Crippen molar-refractivity contribution in [3.8, 4) is 0 Å². The number of aliphatic carboxylic acids is 1.